The molecular formula is C22H20FNO4. The number of amides is 1. The van der Waals surface area contributed by atoms with Crippen molar-refractivity contribution in [3.8, 4) is 0 Å². The summed E-state index contributed by atoms with van der Waals surface area (Å²) in [7, 11) is 0. The minimum Gasteiger partial charge on any atom is -0.422 e. The number of hydrogen-bond donors (Lipinski definition) is 1. The lowest BCUT2D eigenvalue weighted by molar-refractivity contribution is 0.0486. The maximum atomic E-state index is 13.8. The van der Waals surface area contributed by atoms with E-state index in [1.807, 2.05) is 12.1 Å². The molecule has 1 aliphatic heterocycles. The summed E-state index contributed by atoms with van der Waals surface area (Å²) in [6.07, 6.45) is 1.31. The third kappa shape index (κ3) is 3.55. The number of nitrogens with one attached hydrogen (secondary N) is 1. The molecule has 144 valence electrons. The van der Waals surface area contributed by atoms with Gasteiger partial charge >= 0.3 is 5.63 Å². The van der Waals surface area contributed by atoms with Crippen LogP contribution in [0.1, 0.15) is 28.8 Å². The number of hydrogen-bond acceptors (Lipinski definition) is 4. The van der Waals surface area contributed by atoms with Crippen LogP contribution in [-0.4, -0.2) is 25.7 Å². The molecule has 2 heterocycles. The number of rotatable bonds is 4. The lowest BCUT2D eigenvalue weighted by atomic mass is 9.74. The molecule has 0 radical (unpaired) electrons. The van der Waals surface area contributed by atoms with Crippen LogP contribution in [0.15, 0.2) is 63.8 Å². The SMILES string of the molecule is O=C(NCC1(c2cccc(F)c2)CCOCC1)c1cc2ccccc2oc1=O. The van der Waals surface area contributed by atoms with Crippen molar-refractivity contribution < 1.29 is 18.3 Å². The van der Waals surface area contributed by atoms with Gasteiger partial charge < -0.3 is 14.5 Å². The Morgan fingerprint density at radius 3 is 2.64 bits per heavy atom. The fourth-order valence-corrected chi connectivity index (χ4v) is 3.71. The van der Waals surface area contributed by atoms with Gasteiger partial charge in [-0.05, 0) is 42.7 Å². The van der Waals surface area contributed by atoms with E-state index in [2.05, 4.69) is 5.32 Å². The second kappa shape index (κ2) is 7.56. The molecule has 1 amide bonds. The highest BCUT2D eigenvalue weighted by atomic mass is 19.1. The molecular weight excluding hydrogens is 361 g/mol. The first-order chi connectivity index (χ1) is 13.6. The number of benzene rings is 2. The summed E-state index contributed by atoms with van der Waals surface area (Å²) in [6, 6.07) is 15.0. The Balaban J connectivity index is 1.60. The molecule has 0 bridgehead atoms. The highest BCUT2D eigenvalue weighted by Gasteiger charge is 2.35. The van der Waals surface area contributed by atoms with Crippen LogP contribution in [0.2, 0.25) is 0 Å². The summed E-state index contributed by atoms with van der Waals surface area (Å²) >= 11 is 0. The van der Waals surface area contributed by atoms with Gasteiger partial charge in [-0.25, -0.2) is 9.18 Å². The molecule has 0 saturated carbocycles. The van der Waals surface area contributed by atoms with Crippen LogP contribution in [0, 0.1) is 5.82 Å². The first-order valence-electron chi connectivity index (χ1n) is 9.22. The molecule has 1 N–H and O–H groups in total. The smallest absolute Gasteiger partial charge is 0.349 e. The number of para-hydroxylation sites is 1. The van der Waals surface area contributed by atoms with Crippen molar-refractivity contribution in [2.45, 2.75) is 18.3 Å². The van der Waals surface area contributed by atoms with Gasteiger partial charge in [0.05, 0.1) is 0 Å². The van der Waals surface area contributed by atoms with Gasteiger partial charge in [0.1, 0.15) is 17.0 Å². The normalized spacial score (nSPS) is 16.0. The predicted octanol–water partition coefficient (Wildman–Crippen LogP) is 3.41. The van der Waals surface area contributed by atoms with Crippen molar-refractivity contribution in [1.82, 2.24) is 5.32 Å². The summed E-state index contributed by atoms with van der Waals surface area (Å²) in [5.74, 6) is -0.813. The lowest BCUT2D eigenvalue weighted by Gasteiger charge is -2.38. The van der Waals surface area contributed by atoms with E-state index in [-0.39, 0.29) is 17.9 Å². The number of fused-ring (bicyclic) bond motifs is 1. The zero-order valence-corrected chi connectivity index (χ0v) is 15.2. The Labute approximate surface area is 161 Å². The molecule has 1 fully saturated rings. The van der Waals surface area contributed by atoms with Crippen molar-refractivity contribution in [3.63, 3.8) is 0 Å². The van der Waals surface area contributed by atoms with E-state index in [1.165, 1.54) is 18.2 Å². The molecule has 6 heteroatoms. The zero-order chi connectivity index (χ0) is 19.6. The van der Waals surface area contributed by atoms with Crippen LogP contribution in [0.25, 0.3) is 11.0 Å². The van der Waals surface area contributed by atoms with E-state index in [1.54, 1.807) is 24.3 Å². The van der Waals surface area contributed by atoms with Crippen LogP contribution in [0.4, 0.5) is 4.39 Å². The van der Waals surface area contributed by atoms with Gasteiger partial charge in [-0.1, -0.05) is 30.3 Å². The third-order valence-corrected chi connectivity index (χ3v) is 5.36. The van der Waals surface area contributed by atoms with Crippen LogP contribution in [0.5, 0.6) is 0 Å². The van der Waals surface area contributed by atoms with Gasteiger partial charge in [0, 0.05) is 30.6 Å². The number of carbonyl (C=O) groups is 1. The minimum atomic E-state index is -0.678. The molecule has 0 unspecified atom stereocenters. The van der Waals surface area contributed by atoms with Gasteiger partial charge in [0.25, 0.3) is 5.91 Å². The van der Waals surface area contributed by atoms with Gasteiger partial charge in [-0.3, -0.25) is 4.79 Å². The van der Waals surface area contributed by atoms with Gasteiger partial charge in [-0.15, -0.1) is 0 Å². The molecule has 5 nitrogen and oxygen atoms in total. The summed E-state index contributed by atoms with van der Waals surface area (Å²) < 4.78 is 24.5. The molecule has 0 spiro atoms. The van der Waals surface area contributed by atoms with E-state index in [0.29, 0.717) is 37.0 Å². The molecule has 0 atom stereocenters. The molecule has 4 rings (SSSR count). The van der Waals surface area contributed by atoms with E-state index >= 15 is 0 Å². The second-order valence-electron chi connectivity index (χ2n) is 7.07. The topological polar surface area (TPSA) is 68.5 Å². The molecule has 1 saturated heterocycles. The van der Waals surface area contributed by atoms with Crippen molar-refractivity contribution in [1.29, 1.82) is 0 Å². The minimum absolute atomic E-state index is 0.0415. The van der Waals surface area contributed by atoms with Crippen molar-refractivity contribution in [2.24, 2.45) is 0 Å². The predicted molar refractivity (Wildman–Crippen MR) is 103 cm³/mol. The Morgan fingerprint density at radius 2 is 1.86 bits per heavy atom. The number of carbonyl (C=O) groups excluding carboxylic acids is 1. The maximum absolute atomic E-state index is 13.8. The Bertz CT molecular complexity index is 1070. The Hall–Kier alpha value is -2.99. The molecule has 1 aliphatic rings. The largest absolute Gasteiger partial charge is 0.422 e. The third-order valence-electron chi connectivity index (χ3n) is 5.36. The van der Waals surface area contributed by atoms with Gasteiger partial charge in [0.2, 0.25) is 0 Å². The first-order valence-corrected chi connectivity index (χ1v) is 9.22. The quantitative estimate of drug-likeness (QED) is 0.704. The molecule has 28 heavy (non-hydrogen) atoms. The summed E-state index contributed by atoms with van der Waals surface area (Å²) in [6.45, 7) is 1.35. The molecule has 3 aromatic rings. The van der Waals surface area contributed by atoms with Crippen LogP contribution in [-0.2, 0) is 10.2 Å². The van der Waals surface area contributed by atoms with Crippen LogP contribution in [0.3, 0.4) is 0 Å². The fraction of sp³-hybridized carbons (Fsp3) is 0.273. The standard InChI is InChI=1S/C22H20FNO4/c23-17-6-3-5-16(13-17)22(8-10-27-11-9-22)14-24-20(25)18-12-15-4-1-2-7-19(15)28-21(18)26/h1-7,12-13H,8-11,14H2,(H,24,25). The van der Waals surface area contributed by atoms with E-state index in [0.717, 1.165) is 5.56 Å². The fourth-order valence-electron chi connectivity index (χ4n) is 3.71. The highest BCUT2D eigenvalue weighted by Crippen LogP contribution is 2.34. The molecule has 2 aromatic carbocycles. The Morgan fingerprint density at radius 1 is 1.07 bits per heavy atom. The van der Waals surface area contributed by atoms with E-state index < -0.39 is 16.9 Å². The van der Waals surface area contributed by atoms with E-state index in [9.17, 15) is 14.0 Å². The Kier molecular flexibility index (Phi) is 4.96. The zero-order valence-electron chi connectivity index (χ0n) is 15.2. The lowest BCUT2D eigenvalue weighted by Crippen LogP contribution is -2.45. The number of ether oxygens (including phenoxy) is 1. The average Bonchev–Trinajstić information content (AvgIpc) is 2.72. The van der Waals surface area contributed by atoms with E-state index in [4.69, 9.17) is 9.15 Å². The second-order valence-corrected chi connectivity index (χ2v) is 7.07. The van der Waals surface area contributed by atoms with Crippen molar-refractivity contribution in [3.05, 3.63) is 82.0 Å². The monoisotopic (exact) mass is 381 g/mol. The summed E-state index contributed by atoms with van der Waals surface area (Å²) in [5, 5.41) is 3.53. The molecule has 1 aromatic heterocycles. The average molecular weight is 381 g/mol. The van der Waals surface area contributed by atoms with Crippen LogP contribution < -0.4 is 10.9 Å². The number of halogens is 1. The first kappa shape index (κ1) is 18.4. The molecule has 0 aliphatic carbocycles. The summed E-state index contributed by atoms with van der Waals surface area (Å²) in [4.78, 5) is 24.9. The van der Waals surface area contributed by atoms with Gasteiger partial charge in [0.15, 0.2) is 0 Å². The van der Waals surface area contributed by atoms with Crippen molar-refractivity contribution in [2.75, 3.05) is 19.8 Å². The summed E-state index contributed by atoms with van der Waals surface area (Å²) in [5.41, 5.74) is 0.0991. The highest BCUT2D eigenvalue weighted by molar-refractivity contribution is 5.96. The van der Waals surface area contributed by atoms with Crippen molar-refractivity contribution >= 4 is 16.9 Å². The van der Waals surface area contributed by atoms with Gasteiger partial charge in [-0.2, -0.15) is 0 Å². The maximum Gasteiger partial charge on any atom is 0.349 e. The van der Waals surface area contributed by atoms with Crippen LogP contribution >= 0.6 is 0 Å².